The molecule has 0 saturated heterocycles. The van der Waals surface area contributed by atoms with Gasteiger partial charge in [0.1, 0.15) is 31.5 Å². The first-order valence-electron chi connectivity index (χ1n) is 23.0. The number of phosphoric ester groups is 2. The molecule has 0 rings (SSSR count). The third kappa shape index (κ3) is 43.3. The minimum absolute atomic E-state index is 0.179. The highest BCUT2D eigenvalue weighted by Gasteiger charge is 2.28. The lowest BCUT2D eigenvalue weighted by Crippen LogP contribution is -2.25. The minimum atomic E-state index is -4.79. The maximum absolute atomic E-state index is 12.1. The van der Waals surface area contributed by atoms with Crippen molar-refractivity contribution in [2.75, 3.05) is 39.6 Å². The Morgan fingerprint density at radius 1 is 0.419 bits per heavy atom. The quantitative estimate of drug-likeness (QED) is 0.0166. The molecule has 0 heterocycles. The van der Waals surface area contributed by atoms with Crippen LogP contribution in [0, 0.1) is 0 Å². The molecule has 0 aliphatic carbocycles. The summed E-state index contributed by atoms with van der Waals surface area (Å²) in [7, 11) is -9.57. The summed E-state index contributed by atoms with van der Waals surface area (Å²) in [6.07, 6.45) is 36.7. The van der Waals surface area contributed by atoms with Crippen LogP contribution in [0.4, 0.5) is 0 Å². The highest BCUT2D eigenvalue weighted by molar-refractivity contribution is 7.47. The number of aliphatic hydroxyl groups is 3. The molecule has 0 bridgehead atoms. The summed E-state index contributed by atoms with van der Waals surface area (Å²) in [6.45, 7) is 0.321. The number of carbonyl (C=O) groups is 2. The molecule has 0 radical (unpaired) electrons. The van der Waals surface area contributed by atoms with E-state index in [1.165, 1.54) is 38.5 Å². The molecule has 62 heavy (non-hydrogen) atoms. The molecule has 0 aromatic carbocycles. The van der Waals surface area contributed by atoms with E-state index >= 15 is 0 Å². The van der Waals surface area contributed by atoms with Gasteiger partial charge in [0.25, 0.3) is 0 Å². The van der Waals surface area contributed by atoms with E-state index in [9.17, 15) is 43.8 Å². The van der Waals surface area contributed by atoms with Crippen LogP contribution in [0.2, 0.25) is 0 Å². The SMILES string of the molecule is CCCCC/C=C\C/C=C\CCCCCCCC(=O)OC[C@@H](O)COP(=O)(O)OCC(O)COP(=O)(O)OC[C@H](O)COC(=O)CCCCCCC/C=C\C/C=C\CCCCC. The van der Waals surface area contributed by atoms with Gasteiger partial charge in [0.2, 0.25) is 0 Å². The van der Waals surface area contributed by atoms with E-state index < -0.39 is 85.5 Å². The Hall–Kier alpha value is -2.00. The van der Waals surface area contributed by atoms with E-state index in [1.54, 1.807) is 0 Å². The molecule has 0 spiro atoms. The fourth-order valence-electron chi connectivity index (χ4n) is 5.62. The zero-order chi connectivity index (χ0) is 46.0. The van der Waals surface area contributed by atoms with Crippen molar-refractivity contribution in [3.63, 3.8) is 0 Å². The molecule has 0 aromatic rings. The van der Waals surface area contributed by atoms with Gasteiger partial charge in [-0.15, -0.1) is 0 Å². The molecule has 0 aliphatic rings. The first-order chi connectivity index (χ1) is 29.8. The Labute approximate surface area is 372 Å². The Bertz CT molecular complexity index is 1210. The van der Waals surface area contributed by atoms with E-state index in [-0.39, 0.29) is 12.8 Å². The van der Waals surface area contributed by atoms with Gasteiger partial charge in [-0.25, -0.2) is 9.13 Å². The fraction of sp³-hybridized carbons (Fsp3) is 0.778. The average molecular weight is 925 g/mol. The molecule has 362 valence electrons. The number of allylic oxidation sites excluding steroid dienone is 8. The van der Waals surface area contributed by atoms with Gasteiger partial charge in [0.15, 0.2) is 0 Å². The van der Waals surface area contributed by atoms with Crippen LogP contribution in [0.15, 0.2) is 48.6 Å². The van der Waals surface area contributed by atoms with Gasteiger partial charge in [0.05, 0.1) is 26.4 Å². The smallest absolute Gasteiger partial charge is 0.463 e. The maximum Gasteiger partial charge on any atom is 0.472 e. The molecule has 0 amide bonds. The predicted molar refractivity (Wildman–Crippen MR) is 242 cm³/mol. The van der Waals surface area contributed by atoms with Crippen molar-refractivity contribution >= 4 is 27.6 Å². The van der Waals surface area contributed by atoms with E-state index in [4.69, 9.17) is 9.47 Å². The number of hydrogen-bond donors (Lipinski definition) is 5. The Balaban J connectivity index is 3.94. The predicted octanol–water partition coefficient (Wildman–Crippen LogP) is 10.0. The number of phosphoric acid groups is 2. The van der Waals surface area contributed by atoms with Crippen molar-refractivity contribution in [2.24, 2.45) is 0 Å². The standard InChI is InChI=1S/C45H82O15P2/c1-3-5-7-9-11-13-15-17-19-21-23-25-27-29-31-33-44(49)55-35-41(46)37-57-61(51,52)59-39-43(48)40-60-62(53,54)58-38-42(47)36-56-45(50)34-32-30-28-26-24-22-20-18-16-14-12-10-8-6-4-2/h11-14,17-20,41-43,46-48H,3-10,15-16,21-40H2,1-2H3,(H,51,52)(H,53,54)/b13-11-,14-12-,19-17-,20-18-/t41-,42-/m1/s1. The third-order valence-electron chi connectivity index (χ3n) is 9.26. The van der Waals surface area contributed by atoms with E-state index in [1.807, 2.05) is 0 Å². The van der Waals surface area contributed by atoms with Crippen LogP contribution in [0.1, 0.15) is 168 Å². The minimum Gasteiger partial charge on any atom is -0.463 e. The normalized spacial score (nSPS) is 15.7. The van der Waals surface area contributed by atoms with Crippen molar-refractivity contribution < 1.29 is 71.4 Å². The summed E-state index contributed by atoms with van der Waals surface area (Å²) in [5.74, 6) is -1.02. The largest absolute Gasteiger partial charge is 0.472 e. The second-order valence-electron chi connectivity index (χ2n) is 15.4. The number of unbranched alkanes of at least 4 members (excludes halogenated alkanes) is 16. The van der Waals surface area contributed by atoms with Crippen molar-refractivity contribution in [3.05, 3.63) is 48.6 Å². The molecular weight excluding hydrogens is 842 g/mol. The van der Waals surface area contributed by atoms with Crippen LogP contribution in [-0.2, 0) is 46.3 Å². The van der Waals surface area contributed by atoms with Gasteiger partial charge in [-0.1, -0.05) is 127 Å². The molecule has 5 N–H and O–H groups in total. The van der Waals surface area contributed by atoms with E-state index in [2.05, 4.69) is 80.6 Å². The molecule has 0 aliphatic heterocycles. The second-order valence-corrected chi connectivity index (χ2v) is 18.3. The van der Waals surface area contributed by atoms with Crippen molar-refractivity contribution in [2.45, 2.75) is 186 Å². The van der Waals surface area contributed by atoms with Crippen molar-refractivity contribution in [3.8, 4) is 0 Å². The zero-order valence-electron chi connectivity index (χ0n) is 37.8. The van der Waals surface area contributed by atoms with Gasteiger partial charge in [-0.2, -0.15) is 0 Å². The van der Waals surface area contributed by atoms with Gasteiger partial charge in [-0.3, -0.25) is 27.7 Å². The first kappa shape index (κ1) is 60.0. The number of hydrogen-bond acceptors (Lipinski definition) is 13. The summed E-state index contributed by atoms with van der Waals surface area (Å²) in [5.41, 5.74) is 0. The molecule has 0 fully saturated rings. The molecule has 17 heteroatoms. The summed E-state index contributed by atoms with van der Waals surface area (Å²) in [6, 6.07) is 0. The highest BCUT2D eigenvalue weighted by Crippen LogP contribution is 2.45. The molecule has 0 aromatic heterocycles. The van der Waals surface area contributed by atoms with Crippen LogP contribution >= 0.6 is 15.6 Å². The lowest BCUT2D eigenvalue weighted by atomic mass is 10.1. The van der Waals surface area contributed by atoms with Crippen LogP contribution < -0.4 is 0 Å². The van der Waals surface area contributed by atoms with Crippen molar-refractivity contribution in [1.29, 1.82) is 0 Å². The number of aliphatic hydroxyl groups excluding tert-OH is 3. The molecule has 4 atom stereocenters. The average Bonchev–Trinajstić information content (AvgIpc) is 3.24. The lowest BCUT2D eigenvalue weighted by molar-refractivity contribution is -0.148. The van der Waals surface area contributed by atoms with E-state index in [0.29, 0.717) is 12.8 Å². The third-order valence-corrected chi connectivity index (χ3v) is 11.2. The number of ether oxygens (including phenoxy) is 2. The van der Waals surface area contributed by atoms with Crippen molar-refractivity contribution in [1.82, 2.24) is 0 Å². The topological polar surface area (TPSA) is 225 Å². The summed E-state index contributed by atoms with van der Waals surface area (Å²) >= 11 is 0. The molecular formula is C45H82O15P2. The molecule has 15 nitrogen and oxygen atoms in total. The van der Waals surface area contributed by atoms with Crippen LogP contribution in [0.5, 0.6) is 0 Å². The van der Waals surface area contributed by atoms with Crippen LogP contribution in [0.25, 0.3) is 0 Å². The first-order valence-corrected chi connectivity index (χ1v) is 26.0. The summed E-state index contributed by atoms with van der Waals surface area (Å²) in [5, 5.41) is 30.0. The summed E-state index contributed by atoms with van der Waals surface area (Å²) in [4.78, 5) is 43.7. The van der Waals surface area contributed by atoms with Crippen LogP contribution in [-0.4, -0.2) is 95.0 Å². The van der Waals surface area contributed by atoms with E-state index in [0.717, 1.165) is 89.9 Å². The van der Waals surface area contributed by atoms with Gasteiger partial charge < -0.3 is 34.6 Å². The number of rotatable bonds is 44. The Kier molecular flexibility index (Phi) is 40.3. The number of esters is 2. The Morgan fingerprint density at radius 2 is 0.694 bits per heavy atom. The maximum atomic E-state index is 12.1. The van der Waals surface area contributed by atoms with Gasteiger partial charge >= 0.3 is 27.6 Å². The van der Waals surface area contributed by atoms with Gasteiger partial charge in [-0.05, 0) is 77.0 Å². The number of carbonyl (C=O) groups excluding carboxylic acids is 2. The van der Waals surface area contributed by atoms with Gasteiger partial charge in [0, 0.05) is 12.8 Å². The lowest BCUT2D eigenvalue weighted by Gasteiger charge is -2.19. The second kappa shape index (κ2) is 41.7. The Morgan fingerprint density at radius 3 is 1.02 bits per heavy atom. The monoisotopic (exact) mass is 925 g/mol. The molecule has 0 saturated carbocycles. The molecule has 2 unspecified atom stereocenters. The van der Waals surface area contributed by atoms with Crippen LogP contribution in [0.3, 0.4) is 0 Å². The zero-order valence-corrected chi connectivity index (χ0v) is 39.6. The highest BCUT2D eigenvalue weighted by atomic mass is 31.2. The fourth-order valence-corrected chi connectivity index (χ4v) is 7.21. The summed E-state index contributed by atoms with van der Waals surface area (Å²) < 4.78 is 52.9.